The summed E-state index contributed by atoms with van der Waals surface area (Å²) < 4.78 is 11.6. The van der Waals surface area contributed by atoms with E-state index in [1.165, 1.54) is 6.21 Å². The summed E-state index contributed by atoms with van der Waals surface area (Å²) in [6.07, 6.45) is 1.54. The van der Waals surface area contributed by atoms with Crippen molar-refractivity contribution in [2.45, 2.75) is 6.61 Å². The molecule has 1 aromatic heterocycles. The number of rotatable bonds is 8. The molecule has 0 aliphatic carbocycles. The predicted molar refractivity (Wildman–Crippen MR) is 151 cm³/mol. The number of amides is 1. The molecular weight excluding hydrogens is 498 g/mol. The molecule has 7 heteroatoms. The fraction of sp³-hybridized carbons (Fsp3) is 0.0645. The molecule has 0 aliphatic heterocycles. The number of para-hydroxylation sites is 2. The summed E-state index contributed by atoms with van der Waals surface area (Å²) in [6.45, 7) is 0.291. The molecule has 188 valence electrons. The highest BCUT2D eigenvalue weighted by atomic mass is 35.5. The van der Waals surface area contributed by atoms with Crippen molar-refractivity contribution in [2.24, 2.45) is 5.10 Å². The lowest BCUT2D eigenvalue weighted by Crippen LogP contribution is -2.18. The molecule has 6 nitrogen and oxygen atoms in total. The van der Waals surface area contributed by atoms with Crippen LogP contribution in [-0.4, -0.2) is 24.2 Å². The van der Waals surface area contributed by atoms with Gasteiger partial charge in [-0.1, -0.05) is 78.3 Å². The zero-order chi connectivity index (χ0) is 26.3. The highest BCUT2D eigenvalue weighted by Crippen LogP contribution is 2.31. The minimum absolute atomic E-state index is 0.291. The summed E-state index contributed by atoms with van der Waals surface area (Å²) in [5.74, 6) is 0.713. The van der Waals surface area contributed by atoms with Gasteiger partial charge in [0.2, 0.25) is 0 Å². The van der Waals surface area contributed by atoms with E-state index in [4.69, 9.17) is 26.1 Å². The number of nitrogens with one attached hydrogen (secondary N) is 1. The van der Waals surface area contributed by atoms with Crippen LogP contribution < -0.4 is 14.9 Å². The van der Waals surface area contributed by atoms with Crippen LogP contribution >= 0.6 is 11.6 Å². The summed E-state index contributed by atoms with van der Waals surface area (Å²) in [6, 6.07) is 32.0. The van der Waals surface area contributed by atoms with E-state index in [9.17, 15) is 4.79 Å². The molecule has 5 rings (SSSR count). The third kappa shape index (κ3) is 5.66. The van der Waals surface area contributed by atoms with Gasteiger partial charge >= 0.3 is 0 Å². The Morgan fingerprint density at radius 1 is 0.947 bits per heavy atom. The lowest BCUT2D eigenvalue weighted by Gasteiger charge is -2.13. The van der Waals surface area contributed by atoms with Gasteiger partial charge in [-0.25, -0.2) is 10.4 Å². The smallest absolute Gasteiger partial charge is 0.272 e. The van der Waals surface area contributed by atoms with E-state index in [1.807, 2.05) is 91.0 Å². The van der Waals surface area contributed by atoms with Crippen LogP contribution in [0, 0.1) is 0 Å². The summed E-state index contributed by atoms with van der Waals surface area (Å²) in [7, 11) is 1.57. The van der Waals surface area contributed by atoms with Crippen molar-refractivity contribution >= 4 is 34.6 Å². The van der Waals surface area contributed by atoms with E-state index in [0.717, 1.165) is 22.0 Å². The number of pyridine rings is 1. The zero-order valence-electron chi connectivity index (χ0n) is 20.6. The Bertz CT molecular complexity index is 1620. The third-order valence-electron chi connectivity index (χ3n) is 5.90. The molecule has 1 amide bonds. The number of nitrogens with zero attached hydrogens (tertiary/aromatic N) is 2. The van der Waals surface area contributed by atoms with Crippen LogP contribution in [0.5, 0.6) is 11.5 Å². The van der Waals surface area contributed by atoms with Gasteiger partial charge in [-0.2, -0.15) is 5.10 Å². The Morgan fingerprint density at radius 2 is 1.74 bits per heavy atom. The molecule has 0 radical (unpaired) electrons. The minimum atomic E-state index is -0.346. The van der Waals surface area contributed by atoms with E-state index in [2.05, 4.69) is 10.5 Å². The number of carbonyl (C=O) groups is 1. The maximum Gasteiger partial charge on any atom is 0.272 e. The van der Waals surface area contributed by atoms with Crippen LogP contribution in [0.1, 0.15) is 21.5 Å². The van der Waals surface area contributed by atoms with Gasteiger partial charge in [0.1, 0.15) is 6.61 Å². The minimum Gasteiger partial charge on any atom is -0.493 e. The zero-order valence-corrected chi connectivity index (χ0v) is 21.4. The van der Waals surface area contributed by atoms with Gasteiger partial charge in [0.15, 0.2) is 11.5 Å². The average molecular weight is 522 g/mol. The Morgan fingerprint density at radius 3 is 2.55 bits per heavy atom. The summed E-state index contributed by atoms with van der Waals surface area (Å²) in [4.78, 5) is 18.0. The van der Waals surface area contributed by atoms with Crippen LogP contribution in [0.15, 0.2) is 108 Å². The lowest BCUT2D eigenvalue weighted by atomic mass is 10.0. The number of hydrogen-bond donors (Lipinski definition) is 1. The van der Waals surface area contributed by atoms with E-state index in [1.54, 1.807) is 19.2 Å². The monoisotopic (exact) mass is 521 g/mol. The number of hydrazone groups is 1. The van der Waals surface area contributed by atoms with Crippen LogP contribution in [-0.2, 0) is 6.61 Å². The molecule has 0 saturated heterocycles. The molecule has 1 heterocycles. The van der Waals surface area contributed by atoms with Crippen molar-refractivity contribution in [3.05, 3.63) is 125 Å². The number of hydrogen-bond acceptors (Lipinski definition) is 5. The van der Waals surface area contributed by atoms with Gasteiger partial charge in [0.05, 0.1) is 30.1 Å². The SMILES string of the molecule is COc1cccc(/C=N\NC(=O)c2cc(-c3ccccc3)nc3ccccc23)c1OCc1cccc(Cl)c1. The molecule has 5 aromatic rings. The first kappa shape index (κ1) is 25.0. The number of carbonyl (C=O) groups excluding carboxylic acids is 1. The van der Waals surface area contributed by atoms with Gasteiger partial charge in [-0.05, 0) is 42.0 Å². The van der Waals surface area contributed by atoms with Gasteiger partial charge in [0, 0.05) is 21.5 Å². The van der Waals surface area contributed by atoms with Gasteiger partial charge < -0.3 is 9.47 Å². The molecule has 1 N–H and O–H groups in total. The van der Waals surface area contributed by atoms with Crippen molar-refractivity contribution in [3.8, 4) is 22.8 Å². The van der Waals surface area contributed by atoms with Gasteiger partial charge in [-0.3, -0.25) is 4.79 Å². The van der Waals surface area contributed by atoms with Crippen molar-refractivity contribution in [1.29, 1.82) is 0 Å². The molecule has 38 heavy (non-hydrogen) atoms. The molecule has 0 spiro atoms. The standard InChI is InChI=1S/C31H24ClN3O3/c1-37-29-16-8-12-23(30(29)38-20-21-9-7-13-24(32)17-21)19-33-35-31(36)26-18-28(22-10-3-2-4-11-22)34-27-15-6-5-14-25(26)27/h2-19H,20H2,1H3,(H,35,36)/b33-19-. The lowest BCUT2D eigenvalue weighted by molar-refractivity contribution is 0.0956. The van der Waals surface area contributed by atoms with E-state index in [0.29, 0.717) is 39.9 Å². The second-order valence-electron chi connectivity index (χ2n) is 8.43. The highest BCUT2D eigenvalue weighted by Gasteiger charge is 2.14. The summed E-state index contributed by atoms with van der Waals surface area (Å²) in [5, 5.41) is 5.61. The normalized spacial score (nSPS) is 11.0. The summed E-state index contributed by atoms with van der Waals surface area (Å²) >= 11 is 6.10. The largest absolute Gasteiger partial charge is 0.493 e. The molecule has 0 aliphatic rings. The van der Waals surface area contributed by atoms with E-state index in [-0.39, 0.29) is 5.91 Å². The Hall–Kier alpha value is -4.68. The molecule has 4 aromatic carbocycles. The molecule has 0 atom stereocenters. The maximum absolute atomic E-state index is 13.3. The average Bonchev–Trinajstić information content (AvgIpc) is 2.96. The number of benzene rings is 4. The molecule has 0 bridgehead atoms. The van der Waals surface area contributed by atoms with E-state index >= 15 is 0 Å². The van der Waals surface area contributed by atoms with Crippen molar-refractivity contribution in [1.82, 2.24) is 10.4 Å². The highest BCUT2D eigenvalue weighted by molar-refractivity contribution is 6.30. The van der Waals surface area contributed by atoms with Crippen LogP contribution in [0.3, 0.4) is 0 Å². The number of methoxy groups -OCH3 is 1. The van der Waals surface area contributed by atoms with E-state index < -0.39 is 0 Å². The van der Waals surface area contributed by atoms with Crippen molar-refractivity contribution in [2.75, 3.05) is 7.11 Å². The van der Waals surface area contributed by atoms with Crippen LogP contribution in [0.25, 0.3) is 22.2 Å². The summed E-state index contributed by atoms with van der Waals surface area (Å²) in [5.41, 5.74) is 7.06. The van der Waals surface area contributed by atoms with Crippen LogP contribution in [0.2, 0.25) is 5.02 Å². The van der Waals surface area contributed by atoms with Gasteiger partial charge in [0.25, 0.3) is 5.91 Å². The Balaban J connectivity index is 1.40. The molecular formula is C31H24ClN3O3. The maximum atomic E-state index is 13.3. The van der Waals surface area contributed by atoms with Crippen molar-refractivity contribution < 1.29 is 14.3 Å². The first-order chi connectivity index (χ1) is 18.6. The molecule has 0 unspecified atom stereocenters. The Kier molecular flexibility index (Phi) is 7.62. The number of ether oxygens (including phenoxy) is 2. The molecule has 0 saturated carbocycles. The third-order valence-corrected chi connectivity index (χ3v) is 6.14. The Labute approximate surface area is 225 Å². The second-order valence-corrected chi connectivity index (χ2v) is 8.87. The fourth-order valence-electron chi connectivity index (χ4n) is 4.07. The number of halogens is 1. The van der Waals surface area contributed by atoms with Crippen LogP contribution in [0.4, 0.5) is 0 Å². The second kappa shape index (κ2) is 11.6. The van der Waals surface area contributed by atoms with Gasteiger partial charge in [-0.15, -0.1) is 0 Å². The number of aromatic nitrogens is 1. The van der Waals surface area contributed by atoms with Crippen molar-refractivity contribution in [3.63, 3.8) is 0 Å². The number of fused-ring (bicyclic) bond motifs is 1. The molecule has 0 fully saturated rings. The fourth-order valence-corrected chi connectivity index (χ4v) is 4.29. The topological polar surface area (TPSA) is 72.8 Å². The quantitative estimate of drug-likeness (QED) is 0.178. The first-order valence-electron chi connectivity index (χ1n) is 12.0. The predicted octanol–water partition coefficient (Wildman–Crippen LogP) is 6.91. The first-order valence-corrected chi connectivity index (χ1v) is 12.3.